The Balaban J connectivity index is 1.67. The third kappa shape index (κ3) is 6.99. The molecule has 10 heteroatoms. The van der Waals surface area contributed by atoms with E-state index in [1.54, 1.807) is 36.4 Å². The Bertz CT molecular complexity index is 1320. The summed E-state index contributed by atoms with van der Waals surface area (Å²) in [5, 5.41) is 17.4. The molecule has 2 aromatic rings. The lowest BCUT2D eigenvalue weighted by Crippen LogP contribution is -2.61. The minimum Gasteiger partial charge on any atom is -0.338 e. The highest BCUT2D eigenvalue weighted by Crippen LogP contribution is 2.40. The van der Waals surface area contributed by atoms with Gasteiger partial charge in [0.1, 0.15) is 6.04 Å². The SMILES string of the molecule is CC(C)C[C@@H]1N[C@@](c2ccc(-c3ccc(NC(=O)C4CC4)cc3)cc2)(C(F)(F)F)C#CCSC[C@@H](C#N)NC1=O. The molecule has 0 bridgehead atoms. The molecule has 1 aliphatic heterocycles. The molecule has 2 amide bonds. The molecule has 2 aliphatic rings. The number of anilines is 1. The number of nitrogens with one attached hydrogen (secondary N) is 3. The van der Waals surface area contributed by atoms with Crippen molar-refractivity contribution in [3.8, 4) is 29.0 Å². The van der Waals surface area contributed by atoms with E-state index in [4.69, 9.17) is 0 Å². The maximum Gasteiger partial charge on any atom is 0.422 e. The van der Waals surface area contributed by atoms with Crippen LogP contribution in [0, 0.1) is 35.0 Å². The zero-order chi connectivity index (χ0) is 28.9. The molecule has 3 atom stereocenters. The predicted molar refractivity (Wildman–Crippen MR) is 150 cm³/mol. The Morgan fingerprint density at radius 2 is 1.77 bits per heavy atom. The first kappa shape index (κ1) is 29.5. The first-order valence-corrected chi connectivity index (χ1v) is 14.3. The minimum atomic E-state index is -4.86. The number of carbonyl (C=O) groups excluding carboxylic acids is 2. The topological polar surface area (TPSA) is 94.0 Å². The first-order chi connectivity index (χ1) is 19.0. The molecular formula is C30H31F3N4O2S. The highest BCUT2D eigenvalue weighted by molar-refractivity contribution is 7.99. The second-order valence-corrected chi connectivity index (χ2v) is 11.5. The van der Waals surface area contributed by atoms with Crippen molar-refractivity contribution < 1.29 is 22.8 Å². The van der Waals surface area contributed by atoms with E-state index in [9.17, 15) is 28.0 Å². The molecule has 0 radical (unpaired) electrons. The largest absolute Gasteiger partial charge is 0.422 e. The smallest absolute Gasteiger partial charge is 0.338 e. The quantitative estimate of drug-likeness (QED) is 0.416. The van der Waals surface area contributed by atoms with Crippen LogP contribution in [0.1, 0.15) is 38.7 Å². The summed E-state index contributed by atoms with van der Waals surface area (Å²) in [5.74, 6) is 4.68. The lowest BCUT2D eigenvalue weighted by molar-refractivity contribution is -0.185. The van der Waals surface area contributed by atoms with Gasteiger partial charge in [0.05, 0.1) is 17.9 Å². The van der Waals surface area contributed by atoms with Crippen LogP contribution in [0.5, 0.6) is 0 Å². The van der Waals surface area contributed by atoms with E-state index in [0.717, 1.165) is 18.4 Å². The van der Waals surface area contributed by atoms with Gasteiger partial charge in [-0.2, -0.15) is 18.4 Å². The van der Waals surface area contributed by atoms with Gasteiger partial charge in [-0.25, -0.2) is 0 Å². The molecule has 1 saturated carbocycles. The van der Waals surface area contributed by atoms with Gasteiger partial charge < -0.3 is 10.6 Å². The summed E-state index contributed by atoms with van der Waals surface area (Å²) in [6.07, 6.45) is -2.93. The van der Waals surface area contributed by atoms with Crippen molar-refractivity contribution in [3.05, 3.63) is 54.1 Å². The minimum absolute atomic E-state index is 0.00411. The van der Waals surface area contributed by atoms with Gasteiger partial charge in [-0.15, -0.1) is 11.8 Å². The van der Waals surface area contributed by atoms with Crippen LogP contribution < -0.4 is 16.0 Å². The Morgan fingerprint density at radius 1 is 1.15 bits per heavy atom. The molecule has 1 aliphatic carbocycles. The number of thioether (sulfide) groups is 1. The predicted octanol–water partition coefficient (Wildman–Crippen LogP) is 5.22. The van der Waals surface area contributed by atoms with E-state index in [1.807, 2.05) is 19.9 Å². The molecule has 0 aromatic heterocycles. The molecule has 1 fully saturated rings. The number of nitriles is 1. The Morgan fingerprint density at radius 3 is 2.33 bits per heavy atom. The van der Waals surface area contributed by atoms with Gasteiger partial charge in [-0.05, 0) is 54.0 Å². The van der Waals surface area contributed by atoms with Crippen molar-refractivity contribution in [2.24, 2.45) is 11.8 Å². The number of hydrogen-bond acceptors (Lipinski definition) is 5. The molecule has 0 saturated heterocycles. The van der Waals surface area contributed by atoms with E-state index in [2.05, 4.69) is 27.8 Å². The van der Waals surface area contributed by atoms with Gasteiger partial charge in [0.25, 0.3) is 0 Å². The number of alkyl halides is 3. The van der Waals surface area contributed by atoms with Gasteiger partial charge in [-0.3, -0.25) is 14.9 Å². The van der Waals surface area contributed by atoms with Crippen molar-refractivity contribution in [2.45, 2.75) is 56.9 Å². The number of hydrogen-bond donors (Lipinski definition) is 3. The zero-order valence-corrected chi connectivity index (χ0v) is 23.1. The van der Waals surface area contributed by atoms with Gasteiger partial charge in [0, 0.05) is 17.4 Å². The normalized spacial score (nSPS) is 23.7. The van der Waals surface area contributed by atoms with Crippen molar-refractivity contribution >= 4 is 29.3 Å². The van der Waals surface area contributed by atoms with Crippen molar-refractivity contribution in [2.75, 3.05) is 16.8 Å². The van der Waals surface area contributed by atoms with E-state index in [-0.39, 0.29) is 41.2 Å². The summed E-state index contributed by atoms with van der Waals surface area (Å²) < 4.78 is 44.9. The Hall–Kier alpha value is -3.47. The van der Waals surface area contributed by atoms with Gasteiger partial charge in [0.15, 0.2) is 0 Å². The molecule has 1 heterocycles. The van der Waals surface area contributed by atoms with E-state index in [0.29, 0.717) is 11.3 Å². The zero-order valence-electron chi connectivity index (χ0n) is 22.3. The number of amides is 2. The van der Waals surface area contributed by atoms with Crippen LogP contribution in [-0.4, -0.2) is 41.6 Å². The molecule has 3 N–H and O–H groups in total. The second kappa shape index (κ2) is 12.4. The molecule has 210 valence electrons. The van der Waals surface area contributed by atoms with Crippen LogP contribution in [0.4, 0.5) is 18.9 Å². The number of nitrogens with zero attached hydrogens (tertiary/aromatic N) is 1. The van der Waals surface area contributed by atoms with E-state index >= 15 is 0 Å². The van der Waals surface area contributed by atoms with Gasteiger partial charge in [-0.1, -0.05) is 62.1 Å². The first-order valence-electron chi connectivity index (χ1n) is 13.2. The number of halogens is 3. The van der Waals surface area contributed by atoms with Crippen LogP contribution in [0.3, 0.4) is 0 Å². The summed E-state index contributed by atoms with van der Waals surface area (Å²) >= 11 is 1.19. The van der Waals surface area contributed by atoms with Gasteiger partial charge in [0.2, 0.25) is 17.4 Å². The van der Waals surface area contributed by atoms with Crippen molar-refractivity contribution in [1.29, 1.82) is 5.26 Å². The molecule has 6 nitrogen and oxygen atoms in total. The lowest BCUT2D eigenvalue weighted by atomic mass is 9.86. The van der Waals surface area contributed by atoms with Gasteiger partial charge >= 0.3 is 6.18 Å². The summed E-state index contributed by atoms with van der Waals surface area (Å²) in [6.45, 7) is 3.63. The highest BCUT2D eigenvalue weighted by atomic mass is 32.2. The summed E-state index contributed by atoms with van der Waals surface area (Å²) in [5.41, 5.74) is -0.806. The average Bonchev–Trinajstić information content (AvgIpc) is 3.76. The van der Waals surface area contributed by atoms with Crippen molar-refractivity contribution in [3.63, 3.8) is 0 Å². The average molecular weight is 569 g/mol. The molecule has 0 spiro atoms. The van der Waals surface area contributed by atoms with Crippen LogP contribution in [0.15, 0.2) is 48.5 Å². The fourth-order valence-corrected chi connectivity index (χ4v) is 5.19. The lowest BCUT2D eigenvalue weighted by Gasteiger charge is -2.36. The maximum absolute atomic E-state index is 15.0. The molecule has 40 heavy (non-hydrogen) atoms. The summed E-state index contributed by atoms with van der Waals surface area (Å²) in [4.78, 5) is 25.1. The monoisotopic (exact) mass is 568 g/mol. The summed E-state index contributed by atoms with van der Waals surface area (Å²) in [7, 11) is 0. The number of benzene rings is 2. The van der Waals surface area contributed by atoms with Crippen LogP contribution >= 0.6 is 11.8 Å². The Kier molecular flexibility index (Phi) is 9.12. The van der Waals surface area contributed by atoms with Crippen molar-refractivity contribution in [1.82, 2.24) is 10.6 Å². The third-order valence-electron chi connectivity index (χ3n) is 6.80. The standard InChI is InChI=1S/C30H31F3N4O2S/c1-19(2)16-26-28(39)36-25(17-34)18-40-15-3-14-29(37-26,30(31,32)33)23-10-6-20(7-11-23)21-8-12-24(13-9-21)35-27(38)22-4-5-22/h6-13,19,22,25-26,37H,4-5,15-16,18H2,1-2H3,(H,35,38)(H,36,39)/t25-,26+,29+/m1/s1. The fraction of sp³-hybridized carbons (Fsp3) is 0.433. The molecular weight excluding hydrogens is 537 g/mol. The second-order valence-electron chi connectivity index (χ2n) is 10.5. The van der Waals surface area contributed by atoms with Crippen LogP contribution in [0.2, 0.25) is 0 Å². The summed E-state index contributed by atoms with van der Waals surface area (Å²) in [6, 6.07) is 13.0. The van der Waals surface area contributed by atoms with E-state index < -0.39 is 29.7 Å². The van der Waals surface area contributed by atoms with E-state index in [1.165, 1.54) is 23.9 Å². The third-order valence-corrected chi connectivity index (χ3v) is 7.72. The Labute approximate surface area is 236 Å². The highest BCUT2D eigenvalue weighted by Gasteiger charge is 2.57. The van der Waals surface area contributed by atoms with Crippen LogP contribution in [0.25, 0.3) is 11.1 Å². The molecule has 2 aromatic carbocycles. The fourth-order valence-electron chi connectivity index (χ4n) is 4.50. The van der Waals surface area contributed by atoms with Crippen LogP contribution in [-0.2, 0) is 15.1 Å². The number of carbonyl (C=O) groups is 2. The molecule has 4 rings (SSSR count). The maximum atomic E-state index is 15.0. The number of rotatable bonds is 6. The molecule has 0 unspecified atom stereocenters.